The molecule has 0 aliphatic rings. The average Bonchev–Trinajstić information content (AvgIpc) is 2.50. The maximum absolute atomic E-state index is 4.44. The van der Waals surface area contributed by atoms with Gasteiger partial charge in [-0.25, -0.2) is 4.98 Å². The standard InChI is InChI=1S/C15H15N5/c1-10-9-18-15(16-2)20-14(10)19-13-7-3-6-12-11(13)5-4-8-17-12/h3-9H,1-2H3,(H2,16,18,19,20). The maximum Gasteiger partial charge on any atom is 0.224 e. The molecule has 100 valence electrons. The Balaban J connectivity index is 2.05. The van der Waals surface area contributed by atoms with E-state index in [0.717, 1.165) is 28.0 Å². The zero-order valence-corrected chi connectivity index (χ0v) is 11.4. The molecule has 2 heterocycles. The van der Waals surface area contributed by atoms with E-state index in [1.165, 1.54) is 0 Å². The molecule has 2 aromatic heterocycles. The minimum atomic E-state index is 0.594. The molecule has 0 saturated heterocycles. The molecule has 1 aromatic carbocycles. The van der Waals surface area contributed by atoms with Crippen LogP contribution in [0.2, 0.25) is 0 Å². The van der Waals surface area contributed by atoms with Crippen LogP contribution in [0.1, 0.15) is 5.56 Å². The van der Waals surface area contributed by atoms with Gasteiger partial charge in [0.1, 0.15) is 5.82 Å². The molecule has 0 amide bonds. The highest BCUT2D eigenvalue weighted by molar-refractivity contribution is 5.92. The van der Waals surface area contributed by atoms with E-state index in [0.29, 0.717) is 5.95 Å². The first-order valence-corrected chi connectivity index (χ1v) is 6.40. The molecular formula is C15H15N5. The van der Waals surface area contributed by atoms with Gasteiger partial charge in [-0.1, -0.05) is 6.07 Å². The van der Waals surface area contributed by atoms with Crippen molar-refractivity contribution in [3.05, 3.63) is 48.3 Å². The van der Waals surface area contributed by atoms with Gasteiger partial charge in [0.15, 0.2) is 0 Å². The summed E-state index contributed by atoms with van der Waals surface area (Å²) in [7, 11) is 1.80. The Morgan fingerprint density at radius 3 is 2.80 bits per heavy atom. The fourth-order valence-corrected chi connectivity index (χ4v) is 2.03. The third-order valence-corrected chi connectivity index (χ3v) is 3.09. The van der Waals surface area contributed by atoms with Crippen LogP contribution in [0.25, 0.3) is 10.9 Å². The molecule has 0 fully saturated rings. The summed E-state index contributed by atoms with van der Waals surface area (Å²) in [6, 6.07) is 9.96. The van der Waals surface area contributed by atoms with Gasteiger partial charge in [-0.15, -0.1) is 0 Å². The number of nitrogens with one attached hydrogen (secondary N) is 2. The van der Waals surface area contributed by atoms with Crippen LogP contribution in [-0.4, -0.2) is 22.0 Å². The summed E-state index contributed by atoms with van der Waals surface area (Å²) < 4.78 is 0. The quantitative estimate of drug-likeness (QED) is 0.761. The van der Waals surface area contributed by atoms with Gasteiger partial charge in [-0.3, -0.25) is 4.98 Å². The van der Waals surface area contributed by atoms with Crippen molar-refractivity contribution in [1.82, 2.24) is 15.0 Å². The minimum absolute atomic E-state index is 0.594. The van der Waals surface area contributed by atoms with Crippen LogP contribution in [0.4, 0.5) is 17.5 Å². The molecule has 0 aliphatic carbocycles. The predicted molar refractivity (Wildman–Crippen MR) is 81.3 cm³/mol. The van der Waals surface area contributed by atoms with Crippen molar-refractivity contribution in [3.8, 4) is 0 Å². The molecule has 5 nitrogen and oxygen atoms in total. The molecule has 0 spiro atoms. The van der Waals surface area contributed by atoms with Gasteiger partial charge < -0.3 is 10.6 Å². The molecule has 20 heavy (non-hydrogen) atoms. The topological polar surface area (TPSA) is 62.7 Å². The van der Waals surface area contributed by atoms with Crippen molar-refractivity contribution in [2.24, 2.45) is 0 Å². The summed E-state index contributed by atoms with van der Waals surface area (Å²) in [6.45, 7) is 1.98. The van der Waals surface area contributed by atoms with Crippen LogP contribution in [-0.2, 0) is 0 Å². The number of hydrogen-bond acceptors (Lipinski definition) is 5. The van der Waals surface area contributed by atoms with Gasteiger partial charge >= 0.3 is 0 Å². The zero-order valence-electron chi connectivity index (χ0n) is 11.4. The van der Waals surface area contributed by atoms with Gasteiger partial charge in [-0.2, -0.15) is 4.98 Å². The second-order valence-electron chi connectivity index (χ2n) is 4.48. The normalized spacial score (nSPS) is 10.5. The molecule has 0 saturated carbocycles. The maximum atomic E-state index is 4.44. The van der Waals surface area contributed by atoms with E-state index in [-0.39, 0.29) is 0 Å². The van der Waals surface area contributed by atoms with Gasteiger partial charge in [0.05, 0.1) is 5.52 Å². The summed E-state index contributed by atoms with van der Waals surface area (Å²) in [5, 5.41) is 7.37. The van der Waals surface area contributed by atoms with Crippen molar-refractivity contribution in [1.29, 1.82) is 0 Å². The smallest absolute Gasteiger partial charge is 0.224 e. The molecule has 0 unspecified atom stereocenters. The highest BCUT2D eigenvalue weighted by atomic mass is 15.1. The second-order valence-corrected chi connectivity index (χ2v) is 4.48. The van der Waals surface area contributed by atoms with E-state index in [1.54, 1.807) is 19.4 Å². The number of aryl methyl sites for hydroxylation is 1. The number of anilines is 3. The molecule has 3 aromatic rings. The zero-order chi connectivity index (χ0) is 13.9. The average molecular weight is 265 g/mol. The Morgan fingerprint density at radius 1 is 1.05 bits per heavy atom. The number of benzene rings is 1. The lowest BCUT2D eigenvalue weighted by Gasteiger charge is -2.11. The number of fused-ring (bicyclic) bond motifs is 1. The fraction of sp³-hybridized carbons (Fsp3) is 0.133. The second kappa shape index (κ2) is 5.13. The summed E-state index contributed by atoms with van der Waals surface area (Å²) in [4.78, 5) is 13.0. The van der Waals surface area contributed by atoms with Gasteiger partial charge in [0, 0.05) is 36.1 Å². The van der Waals surface area contributed by atoms with Crippen LogP contribution in [0, 0.1) is 6.92 Å². The Bertz CT molecular complexity index is 749. The van der Waals surface area contributed by atoms with E-state index >= 15 is 0 Å². The lowest BCUT2D eigenvalue weighted by atomic mass is 10.2. The minimum Gasteiger partial charge on any atom is -0.357 e. The van der Waals surface area contributed by atoms with Crippen LogP contribution < -0.4 is 10.6 Å². The van der Waals surface area contributed by atoms with E-state index in [1.807, 2.05) is 37.3 Å². The van der Waals surface area contributed by atoms with Crippen LogP contribution >= 0.6 is 0 Å². The van der Waals surface area contributed by atoms with Crippen molar-refractivity contribution >= 4 is 28.4 Å². The highest BCUT2D eigenvalue weighted by Crippen LogP contribution is 2.25. The lowest BCUT2D eigenvalue weighted by Crippen LogP contribution is -2.02. The summed E-state index contributed by atoms with van der Waals surface area (Å²) in [5.74, 6) is 1.39. The molecular weight excluding hydrogens is 250 g/mol. The number of nitrogens with zero attached hydrogens (tertiary/aromatic N) is 3. The number of hydrogen-bond donors (Lipinski definition) is 2. The fourth-order valence-electron chi connectivity index (χ4n) is 2.03. The molecule has 5 heteroatoms. The van der Waals surface area contributed by atoms with E-state index < -0.39 is 0 Å². The Labute approximate surface area is 117 Å². The first-order chi connectivity index (χ1) is 9.78. The van der Waals surface area contributed by atoms with Crippen LogP contribution in [0.5, 0.6) is 0 Å². The first-order valence-electron chi connectivity index (χ1n) is 6.40. The third-order valence-electron chi connectivity index (χ3n) is 3.09. The highest BCUT2D eigenvalue weighted by Gasteiger charge is 2.06. The summed E-state index contributed by atoms with van der Waals surface area (Å²) in [5.41, 5.74) is 2.93. The Kier molecular flexibility index (Phi) is 3.16. The van der Waals surface area contributed by atoms with Crippen molar-refractivity contribution < 1.29 is 0 Å². The molecule has 0 radical (unpaired) electrons. The van der Waals surface area contributed by atoms with Gasteiger partial charge in [0.2, 0.25) is 5.95 Å². The van der Waals surface area contributed by atoms with E-state index in [4.69, 9.17) is 0 Å². The molecule has 2 N–H and O–H groups in total. The lowest BCUT2D eigenvalue weighted by molar-refractivity contribution is 1.12. The predicted octanol–water partition coefficient (Wildman–Crippen LogP) is 3.12. The largest absolute Gasteiger partial charge is 0.357 e. The van der Waals surface area contributed by atoms with Crippen molar-refractivity contribution in [2.45, 2.75) is 6.92 Å². The number of aromatic nitrogens is 3. The van der Waals surface area contributed by atoms with Crippen LogP contribution in [0.15, 0.2) is 42.7 Å². The molecule has 0 bridgehead atoms. The monoisotopic (exact) mass is 265 g/mol. The first kappa shape index (κ1) is 12.3. The number of pyridine rings is 1. The van der Waals surface area contributed by atoms with Crippen molar-refractivity contribution in [2.75, 3.05) is 17.7 Å². The SMILES string of the molecule is CNc1ncc(C)c(Nc2cccc3ncccc23)n1. The summed E-state index contributed by atoms with van der Waals surface area (Å²) >= 11 is 0. The van der Waals surface area contributed by atoms with Gasteiger partial charge in [-0.05, 0) is 31.2 Å². The van der Waals surface area contributed by atoms with Crippen molar-refractivity contribution in [3.63, 3.8) is 0 Å². The summed E-state index contributed by atoms with van der Waals surface area (Å²) in [6.07, 6.45) is 3.59. The van der Waals surface area contributed by atoms with E-state index in [2.05, 4.69) is 25.6 Å². The Morgan fingerprint density at radius 2 is 1.95 bits per heavy atom. The molecule has 0 atom stereocenters. The van der Waals surface area contributed by atoms with Crippen LogP contribution in [0.3, 0.4) is 0 Å². The molecule has 0 aliphatic heterocycles. The Hall–Kier alpha value is -2.69. The number of rotatable bonds is 3. The van der Waals surface area contributed by atoms with E-state index in [9.17, 15) is 0 Å². The molecule has 3 rings (SSSR count). The third kappa shape index (κ3) is 2.25. The van der Waals surface area contributed by atoms with Gasteiger partial charge in [0.25, 0.3) is 0 Å².